The number of para-hydroxylation sites is 1. The van der Waals surface area contributed by atoms with E-state index in [0.717, 1.165) is 0 Å². The quantitative estimate of drug-likeness (QED) is 0.299. The molecule has 0 radical (unpaired) electrons. The van der Waals surface area contributed by atoms with Gasteiger partial charge in [0.15, 0.2) is 0 Å². The average molecular weight is 383 g/mol. The molecule has 0 saturated heterocycles. The maximum absolute atomic E-state index is 2.35. The van der Waals surface area contributed by atoms with Crippen LogP contribution < -0.4 is 0 Å². The molecule has 30 heavy (non-hydrogen) atoms. The van der Waals surface area contributed by atoms with Crippen LogP contribution in [0.2, 0.25) is 0 Å². The molecule has 1 heterocycles. The lowest BCUT2D eigenvalue weighted by molar-refractivity contribution is 0.979. The van der Waals surface area contributed by atoms with Crippen LogP contribution in [0.1, 0.15) is 22.3 Å². The predicted molar refractivity (Wildman–Crippen MR) is 126 cm³/mol. The van der Waals surface area contributed by atoms with Gasteiger partial charge in [-0.05, 0) is 28.3 Å². The fourth-order valence-electron chi connectivity index (χ4n) is 4.93. The van der Waals surface area contributed by atoms with Crippen LogP contribution >= 0.6 is 0 Å². The summed E-state index contributed by atoms with van der Waals surface area (Å²) < 4.78 is 2.35. The highest BCUT2D eigenvalue weighted by atomic mass is 15.0. The number of benzene rings is 4. The summed E-state index contributed by atoms with van der Waals surface area (Å²) in [5.74, 6) is 0. The van der Waals surface area contributed by atoms with Crippen molar-refractivity contribution in [2.24, 2.45) is 7.05 Å². The van der Waals surface area contributed by atoms with E-state index in [1.807, 2.05) is 0 Å². The number of aromatic nitrogens is 1. The first kappa shape index (κ1) is 17.1. The van der Waals surface area contributed by atoms with Gasteiger partial charge in [-0.2, -0.15) is 0 Å². The lowest BCUT2D eigenvalue weighted by atomic mass is 9.88. The van der Waals surface area contributed by atoms with E-state index in [1.165, 1.54) is 55.6 Å². The van der Waals surface area contributed by atoms with Crippen LogP contribution in [0, 0.1) is 0 Å². The van der Waals surface area contributed by atoms with E-state index in [9.17, 15) is 0 Å². The maximum Gasteiger partial charge on any atom is 0.0575 e. The molecule has 0 aliphatic heterocycles. The van der Waals surface area contributed by atoms with Crippen molar-refractivity contribution < 1.29 is 0 Å². The Bertz CT molecular complexity index is 1380. The van der Waals surface area contributed by atoms with Gasteiger partial charge in [0.25, 0.3) is 0 Å². The molecular formula is C29H21N. The molecule has 1 heteroatoms. The molecule has 0 unspecified atom stereocenters. The second kappa shape index (κ2) is 6.60. The van der Waals surface area contributed by atoms with Crippen molar-refractivity contribution in [1.82, 2.24) is 4.57 Å². The van der Waals surface area contributed by atoms with Gasteiger partial charge in [0.05, 0.1) is 5.69 Å². The van der Waals surface area contributed by atoms with Gasteiger partial charge in [0.2, 0.25) is 0 Å². The summed E-state index contributed by atoms with van der Waals surface area (Å²) in [6, 6.07) is 39.2. The van der Waals surface area contributed by atoms with Gasteiger partial charge < -0.3 is 4.57 Å². The van der Waals surface area contributed by atoms with Crippen LogP contribution in [0.5, 0.6) is 0 Å². The summed E-state index contributed by atoms with van der Waals surface area (Å²) >= 11 is 0. The van der Waals surface area contributed by atoms with Crippen molar-refractivity contribution in [1.29, 1.82) is 0 Å². The normalized spacial score (nSPS) is 12.1. The zero-order valence-corrected chi connectivity index (χ0v) is 16.8. The third-order valence-corrected chi connectivity index (χ3v) is 6.18. The monoisotopic (exact) mass is 383 g/mol. The van der Waals surface area contributed by atoms with Crippen LogP contribution in [-0.4, -0.2) is 4.57 Å². The van der Waals surface area contributed by atoms with Gasteiger partial charge in [-0.25, -0.2) is 0 Å². The summed E-state index contributed by atoms with van der Waals surface area (Å²) in [4.78, 5) is 0. The van der Waals surface area contributed by atoms with E-state index in [-0.39, 0.29) is 0 Å². The van der Waals surface area contributed by atoms with Gasteiger partial charge in [-0.1, -0.05) is 103 Å². The standard InChI is InChI=1S/C29H21N/c1-30-25-19-11-10-18-24(25)28-27(22-16-8-9-17-23(22)29(28)30)26(20-12-4-2-5-13-20)21-14-6-3-7-15-21/h2-19H,1H3. The Morgan fingerprint density at radius 2 is 1.10 bits per heavy atom. The Kier molecular flexibility index (Phi) is 3.75. The predicted octanol–water partition coefficient (Wildman–Crippen LogP) is 7.17. The van der Waals surface area contributed by atoms with Gasteiger partial charge in [-0.3, -0.25) is 0 Å². The zero-order chi connectivity index (χ0) is 20.1. The number of fused-ring (bicyclic) bond motifs is 5. The van der Waals surface area contributed by atoms with E-state index in [1.54, 1.807) is 0 Å². The molecule has 0 bridgehead atoms. The number of hydrogen-bond donors (Lipinski definition) is 0. The van der Waals surface area contributed by atoms with Crippen molar-refractivity contribution in [2.75, 3.05) is 0 Å². The first-order valence-electron chi connectivity index (χ1n) is 10.4. The fourth-order valence-corrected chi connectivity index (χ4v) is 4.93. The topological polar surface area (TPSA) is 4.93 Å². The molecule has 0 atom stereocenters. The highest BCUT2D eigenvalue weighted by Gasteiger charge is 2.32. The Hall–Kier alpha value is -3.84. The van der Waals surface area contributed by atoms with E-state index < -0.39 is 0 Å². The molecule has 0 fully saturated rings. The molecule has 1 nitrogen and oxygen atoms in total. The highest BCUT2D eigenvalue weighted by Crippen LogP contribution is 2.52. The summed E-state index contributed by atoms with van der Waals surface area (Å²) in [7, 11) is 2.19. The number of hydrogen-bond acceptors (Lipinski definition) is 0. The second-order valence-electron chi connectivity index (χ2n) is 7.83. The first-order valence-corrected chi connectivity index (χ1v) is 10.4. The average Bonchev–Trinajstić information content (AvgIpc) is 3.30. The Labute approximate surface area is 176 Å². The third-order valence-electron chi connectivity index (χ3n) is 6.18. The largest absolute Gasteiger partial charge is 0.343 e. The smallest absolute Gasteiger partial charge is 0.0575 e. The van der Waals surface area contributed by atoms with Crippen molar-refractivity contribution in [3.63, 3.8) is 0 Å². The molecular weight excluding hydrogens is 362 g/mol. The van der Waals surface area contributed by atoms with Gasteiger partial charge in [-0.15, -0.1) is 0 Å². The minimum Gasteiger partial charge on any atom is -0.343 e. The molecule has 1 aliphatic carbocycles. The number of aryl methyl sites for hydroxylation is 1. The summed E-state index contributed by atoms with van der Waals surface area (Å²) in [6.45, 7) is 0. The van der Waals surface area contributed by atoms with Gasteiger partial charge in [0.1, 0.15) is 0 Å². The molecule has 4 aromatic carbocycles. The van der Waals surface area contributed by atoms with Crippen LogP contribution in [0.25, 0.3) is 33.3 Å². The number of nitrogens with zero attached hydrogens (tertiary/aromatic N) is 1. The second-order valence-corrected chi connectivity index (χ2v) is 7.83. The Balaban J connectivity index is 1.84. The van der Waals surface area contributed by atoms with E-state index in [0.29, 0.717) is 0 Å². The van der Waals surface area contributed by atoms with Crippen molar-refractivity contribution in [3.05, 3.63) is 131 Å². The molecule has 1 aromatic heterocycles. The van der Waals surface area contributed by atoms with E-state index in [2.05, 4.69) is 121 Å². The lowest BCUT2D eigenvalue weighted by Crippen LogP contribution is -1.94. The van der Waals surface area contributed by atoms with Gasteiger partial charge >= 0.3 is 0 Å². The summed E-state index contributed by atoms with van der Waals surface area (Å²) in [5.41, 5.74) is 11.7. The molecule has 0 saturated carbocycles. The highest BCUT2D eigenvalue weighted by molar-refractivity contribution is 6.19. The van der Waals surface area contributed by atoms with E-state index >= 15 is 0 Å². The van der Waals surface area contributed by atoms with Crippen molar-refractivity contribution in [2.45, 2.75) is 0 Å². The van der Waals surface area contributed by atoms with Crippen LogP contribution in [0.3, 0.4) is 0 Å². The van der Waals surface area contributed by atoms with Crippen LogP contribution in [-0.2, 0) is 7.05 Å². The molecule has 6 rings (SSSR count). The fraction of sp³-hybridized carbons (Fsp3) is 0.0345. The molecule has 0 spiro atoms. The summed E-state index contributed by atoms with van der Waals surface area (Å²) in [5, 5.41) is 1.31. The van der Waals surface area contributed by atoms with Gasteiger partial charge in [0, 0.05) is 34.7 Å². The van der Waals surface area contributed by atoms with Crippen LogP contribution in [0.15, 0.2) is 109 Å². The van der Waals surface area contributed by atoms with Crippen molar-refractivity contribution >= 4 is 22.0 Å². The SMILES string of the molecule is Cn1c2c(c3ccccc31)C(=C(c1ccccc1)c1ccccc1)c1ccccc1-2. The Morgan fingerprint density at radius 1 is 0.567 bits per heavy atom. The summed E-state index contributed by atoms with van der Waals surface area (Å²) in [6.07, 6.45) is 0. The first-order chi connectivity index (χ1) is 14.8. The third kappa shape index (κ3) is 2.36. The molecule has 0 amide bonds. The lowest BCUT2D eigenvalue weighted by Gasteiger charge is -2.15. The molecule has 142 valence electrons. The Morgan fingerprint density at radius 3 is 1.77 bits per heavy atom. The minimum atomic E-state index is 1.24. The maximum atomic E-state index is 2.35. The van der Waals surface area contributed by atoms with E-state index in [4.69, 9.17) is 0 Å². The molecule has 0 N–H and O–H groups in total. The van der Waals surface area contributed by atoms with Crippen LogP contribution in [0.4, 0.5) is 0 Å². The minimum absolute atomic E-state index is 1.24. The number of rotatable bonds is 2. The molecule has 5 aromatic rings. The zero-order valence-electron chi connectivity index (χ0n) is 16.8. The van der Waals surface area contributed by atoms with Crippen molar-refractivity contribution in [3.8, 4) is 11.3 Å². The molecule has 1 aliphatic rings.